The van der Waals surface area contributed by atoms with Gasteiger partial charge in [0, 0.05) is 13.1 Å². The summed E-state index contributed by atoms with van der Waals surface area (Å²) in [5.41, 5.74) is 1.85. The Hall–Kier alpha value is -2.69. The quantitative estimate of drug-likeness (QED) is 0.678. The van der Waals surface area contributed by atoms with E-state index in [0.717, 1.165) is 17.5 Å². The van der Waals surface area contributed by atoms with Gasteiger partial charge in [0.2, 0.25) is 11.8 Å². The highest BCUT2D eigenvalue weighted by atomic mass is 19.1. The first-order chi connectivity index (χ1) is 13.5. The zero-order valence-corrected chi connectivity index (χ0v) is 16.7. The average Bonchev–Trinajstić information content (AvgIpc) is 2.71. The van der Waals surface area contributed by atoms with Gasteiger partial charge in [0.1, 0.15) is 11.9 Å². The molecule has 2 rings (SSSR count). The van der Waals surface area contributed by atoms with E-state index in [2.05, 4.69) is 5.32 Å². The number of halogens is 1. The van der Waals surface area contributed by atoms with Gasteiger partial charge in [-0.05, 0) is 42.5 Å². The third-order valence-corrected chi connectivity index (χ3v) is 4.69. The van der Waals surface area contributed by atoms with Crippen LogP contribution in [0.5, 0.6) is 0 Å². The second kappa shape index (κ2) is 11.2. The summed E-state index contributed by atoms with van der Waals surface area (Å²) >= 11 is 0. The van der Waals surface area contributed by atoms with Gasteiger partial charge < -0.3 is 10.2 Å². The second-order valence-corrected chi connectivity index (χ2v) is 6.84. The molecule has 0 aliphatic carbocycles. The predicted molar refractivity (Wildman–Crippen MR) is 109 cm³/mol. The van der Waals surface area contributed by atoms with Crippen molar-refractivity contribution in [3.63, 3.8) is 0 Å². The third kappa shape index (κ3) is 6.48. The van der Waals surface area contributed by atoms with Crippen LogP contribution < -0.4 is 5.32 Å². The van der Waals surface area contributed by atoms with Gasteiger partial charge in [0.05, 0.1) is 6.42 Å². The lowest BCUT2D eigenvalue weighted by Gasteiger charge is -2.30. The highest BCUT2D eigenvalue weighted by Crippen LogP contribution is 2.13. The number of hydrogen-bond acceptors (Lipinski definition) is 2. The lowest BCUT2D eigenvalue weighted by molar-refractivity contribution is -0.140. The van der Waals surface area contributed by atoms with Gasteiger partial charge in [0.25, 0.3) is 0 Å². The van der Waals surface area contributed by atoms with Crippen LogP contribution in [0.3, 0.4) is 0 Å². The molecule has 1 N–H and O–H groups in total. The molecule has 0 radical (unpaired) electrons. The van der Waals surface area contributed by atoms with Crippen LogP contribution in [0.25, 0.3) is 0 Å². The SMILES string of the molecule is CCCNC(=O)[C@@H](CC)N(CCc1ccccc1)C(=O)Cc1ccc(F)cc1. The number of nitrogens with one attached hydrogen (secondary N) is 1. The Morgan fingerprint density at radius 1 is 1.00 bits per heavy atom. The van der Waals surface area contributed by atoms with Gasteiger partial charge in [-0.25, -0.2) is 4.39 Å². The van der Waals surface area contributed by atoms with Crippen molar-refractivity contribution >= 4 is 11.8 Å². The first-order valence-electron chi connectivity index (χ1n) is 9.90. The lowest BCUT2D eigenvalue weighted by atomic mass is 10.1. The molecule has 0 unspecified atom stereocenters. The fourth-order valence-electron chi connectivity index (χ4n) is 3.14. The lowest BCUT2D eigenvalue weighted by Crippen LogP contribution is -2.50. The van der Waals surface area contributed by atoms with Crippen LogP contribution in [-0.2, 0) is 22.4 Å². The molecule has 0 aliphatic rings. The minimum Gasteiger partial charge on any atom is -0.354 e. The molecule has 2 aromatic rings. The topological polar surface area (TPSA) is 49.4 Å². The van der Waals surface area contributed by atoms with Crippen molar-refractivity contribution in [1.82, 2.24) is 10.2 Å². The van der Waals surface area contributed by atoms with Gasteiger partial charge in [-0.3, -0.25) is 9.59 Å². The monoisotopic (exact) mass is 384 g/mol. The van der Waals surface area contributed by atoms with Gasteiger partial charge in [0.15, 0.2) is 0 Å². The Morgan fingerprint density at radius 3 is 2.29 bits per heavy atom. The van der Waals surface area contributed by atoms with E-state index in [0.29, 0.717) is 25.9 Å². The van der Waals surface area contributed by atoms with Crippen molar-refractivity contribution in [2.24, 2.45) is 0 Å². The van der Waals surface area contributed by atoms with Crippen molar-refractivity contribution in [1.29, 1.82) is 0 Å². The molecule has 0 heterocycles. The Labute approximate surface area is 166 Å². The molecular weight excluding hydrogens is 355 g/mol. The van der Waals surface area contributed by atoms with Crippen LogP contribution in [0.2, 0.25) is 0 Å². The van der Waals surface area contributed by atoms with E-state index in [-0.39, 0.29) is 24.1 Å². The zero-order valence-electron chi connectivity index (χ0n) is 16.7. The minimum absolute atomic E-state index is 0.120. The van der Waals surface area contributed by atoms with Gasteiger partial charge in [-0.2, -0.15) is 0 Å². The summed E-state index contributed by atoms with van der Waals surface area (Å²) in [6.45, 7) is 4.96. The van der Waals surface area contributed by atoms with Crippen LogP contribution in [0.1, 0.15) is 37.8 Å². The van der Waals surface area contributed by atoms with Crippen molar-refractivity contribution in [3.8, 4) is 0 Å². The number of carbonyl (C=O) groups is 2. The number of rotatable bonds is 10. The molecule has 5 heteroatoms. The van der Waals surface area contributed by atoms with Crippen LogP contribution >= 0.6 is 0 Å². The molecule has 0 spiro atoms. The van der Waals surface area contributed by atoms with E-state index in [1.807, 2.05) is 44.2 Å². The summed E-state index contributed by atoms with van der Waals surface area (Å²) in [7, 11) is 0. The molecule has 0 aromatic heterocycles. The molecular formula is C23H29FN2O2. The number of nitrogens with zero attached hydrogens (tertiary/aromatic N) is 1. The fraction of sp³-hybridized carbons (Fsp3) is 0.391. The molecule has 2 amide bonds. The molecule has 0 bridgehead atoms. The van der Waals surface area contributed by atoms with Crippen LogP contribution in [0.4, 0.5) is 4.39 Å². The molecule has 0 fully saturated rings. The standard InChI is InChI=1S/C23H29FN2O2/c1-3-15-25-23(28)21(4-2)26(16-14-18-8-6-5-7-9-18)22(27)17-19-10-12-20(24)13-11-19/h5-13,21H,3-4,14-17H2,1-2H3,(H,25,28)/t21-/m1/s1. The normalized spacial score (nSPS) is 11.7. The molecule has 28 heavy (non-hydrogen) atoms. The Morgan fingerprint density at radius 2 is 1.68 bits per heavy atom. The van der Waals surface area contributed by atoms with Crippen molar-refractivity contribution in [3.05, 3.63) is 71.5 Å². The van der Waals surface area contributed by atoms with E-state index >= 15 is 0 Å². The molecule has 0 saturated carbocycles. The van der Waals surface area contributed by atoms with Gasteiger partial charge in [-0.15, -0.1) is 0 Å². The fourth-order valence-corrected chi connectivity index (χ4v) is 3.14. The Bertz CT molecular complexity index is 747. The van der Waals surface area contributed by atoms with Crippen LogP contribution in [-0.4, -0.2) is 35.8 Å². The summed E-state index contributed by atoms with van der Waals surface area (Å²) in [4.78, 5) is 27.4. The summed E-state index contributed by atoms with van der Waals surface area (Å²) in [5, 5.41) is 2.91. The summed E-state index contributed by atoms with van der Waals surface area (Å²) in [6, 6.07) is 15.3. The Kier molecular flexibility index (Phi) is 8.66. The van der Waals surface area contributed by atoms with E-state index in [4.69, 9.17) is 0 Å². The predicted octanol–water partition coefficient (Wildman–Crippen LogP) is 3.74. The number of carbonyl (C=O) groups excluding carboxylic acids is 2. The first kappa shape index (κ1) is 21.6. The van der Waals surface area contributed by atoms with E-state index in [1.54, 1.807) is 17.0 Å². The molecule has 2 aromatic carbocycles. The van der Waals surface area contributed by atoms with E-state index in [1.165, 1.54) is 12.1 Å². The highest BCUT2D eigenvalue weighted by molar-refractivity contribution is 5.88. The maximum atomic E-state index is 13.1. The van der Waals surface area contributed by atoms with E-state index < -0.39 is 6.04 Å². The first-order valence-corrected chi connectivity index (χ1v) is 9.90. The molecule has 150 valence electrons. The van der Waals surface area contributed by atoms with Crippen molar-refractivity contribution < 1.29 is 14.0 Å². The Balaban J connectivity index is 2.16. The second-order valence-electron chi connectivity index (χ2n) is 6.84. The maximum absolute atomic E-state index is 13.1. The van der Waals surface area contributed by atoms with Gasteiger partial charge in [-0.1, -0.05) is 56.3 Å². The average molecular weight is 384 g/mol. The zero-order chi connectivity index (χ0) is 20.4. The maximum Gasteiger partial charge on any atom is 0.242 e. The van der Waals surface area contributed by atoms with E-state index in [9.17, 15) is 14.0 Å². The van der Waals surface area contributed by atoms with Gasteiger partial charge >= 0.3 is 0 Å². The molecule has 4 nitrogen and oxygen atoms in total. The van der Waals surface area contributed by atoms with Crippen molar-refractivity contribution in [2.75, 3.05) is 13.1 Å². The number of amides is 2. The third-order valence-electron chi connectivity index (χ3n) is 4.69. The summed E-state index contributed by atoms with van der Waals surface area (Å²) < 4.78 is 13.1. The number of benzene rings is 2. The van der Waals surface area contributed by atoms with Crippen molar-refractivity contribution in [2.45, 2.75) is 45.6 Å². The largest absolute Gasteiger partial charge is 0.354 e. The number of hydrogen-bond donors (Lipinski definition) is 1. The molecule has 0 aliphatic heterocycles. The smallest absolute Gasteiger partial charge is 0.242 e. The molecule has 0 saturated heterocycles. The molecule has 1 atom stereocenters. The summed E-state index contributed by atoms with van der Waals surface area (Å²) in [6.07, 6.45) is 2.20. The highest BCUT2D eigenvalue weighted by Gasteiger charge is 2.28. The van der Waals surface area contributed by atoms with Crippen LogP contribution in [0, 0.1) is 5.82 Å². The van der Waals surface area contributed by atoms with Crippen LogP contribution in [0.15, 0.2) is 54.6 Å². The minimum atomic E-state index is -0.511. The summed E-state index contributed by atoms with van der Waals surface area (Å²) in [5.74, 6) is -0.576.